The maximum absolute atomic E-state index is 14.1. The van der Waals surface area contributed by atoms with Crippen LogP contribution in [0.5, 0.6) is 11.5 Å². The summed E-state index contributed by atoms with van der Waals surface area (Å²) in [5.41, 5.74) is 1.24. The summed E-state index contributed by atoms with van der Waals surface area (Å²) in [6.45, 7) is 0. The first-order valence-electron chi connectivity index (χ1n) is 5.98. The Morgan fingerprint density at radius 3 is 2.29 bits per heavy atom. The van der Waals surface area contributed by atoms with Gasteiger partial charge in [-0.3, -0.25) is 0 Å². The van der Waals surface area contributed by atoms with Crippen LogP contribution in [-0.4, -0.2) is 14.2 Å². The Kier molecular flexibility index (Phi) is 5.52. The van der Waals surface area contributed by atoms with Gasteiger partial charge in [0.05, 0.1) is 23.5 Å². The van der Waals surface area contributed by atoms with Crippen molar-refractivity contribution in [1.29, 1.82) is 0 Å². The largest absolute Gasteiger partial charge is 0.496 e. The van der Waals surface area contributed by atoms with Crippen molar-refractivity contribution in [2.24, 2.45) is 0 Å². The molecule has 0 saturated heterocycles. The molecule has 6 heteroatoms. The molecule has 2 nitrogen and oxygen atoms in total. The molecule has 1 atom stereocenters. The van der Waals surface area contributed by atoms with Crippen LogP contribution < -0.4 is 9.47 Å². The Bertz CT molecular complexity index is 664. The van der Waals surface area contributed by atoms with Gasteiger partial charge in [0.15, 0.2) is 0 Å². The highest BCUT2D eigenvalue weighted by molar-refractivity contribution is 9.10. The molecule has 21 heavy (non-hydrogen) atoms. The Labute approximate surface area is 144 Å². The molecule has 0 aliphatic rings. The third kappa shape index (κ3) is 3.52. The van der Waals surface area contributed by atoms with E-state index in [0.29, 0.717) is 22.1 Å². The van der Waals surface area contributed by atoms with Crippen LogP contribution in [0, 0.1) is 5.82 Å². The average molecular weight is 439 g/mol. The lowest BCUT2D eigenvalue weighted by molar-refractivity contribution is 0.397. The minimum Gasteiger partial charge on any atom is -0.496 e. The number of methoxy groups -OCH3 is 2. The predicted molar refractivity (Wildman–Crippen MR) is 89.4 cm³/mol. The molecular weight excluding hydrogens is 426 g/mol. The van der Waals surface area contributed by atoms with Crippen molar-refractivity contribution in [2.45, 2.75) is 4.83 Å². The van der Waals surface area contributed by atoms with Crippen molar-refractivity contribution in [3.8, 4) is 11.5 Å². The van der Waals surface area contributed by atoms with E-state index in [1.807, 2.05) is 0 Å². The average Bonchev–Trinajstić information content (AvgIpc) is 2.46. The fourth-order valence-electron chi connectivity index (χ4n) is 1.96. The molecule has 0 aliphatic carbocycles. The minimum absolute atomic E-state index is 0.358. The molecule has 0 bridgehead atoms. The van der Waals surface area contributed by atoms with Gasteiger partial charge in [0, 0.05) is 16.1 Å². The lowest BCUT2D eigenvalue weighted by Gasteiger charge is -2.17. The predicted octanol–water partition coefficient (Wildman–Crippen LogP) is 5.74. The number of rotatable bonds is 4. The zero-order valence-electron chi connectivity index (χ0n) is 11.3. The van der Waals surface area contributed by atoms with E-state index in [-0.39, 0.29) is 10.6 Å². The molecule has 2 aromatic carbocycles. The van der Waals surface area contributed by atoms with Crippen LogP contribution in [0.25, 0.3) is 0 Å². The van der Waals surface area contributed by atoms with Crippen LogP contribution in [0.15, 0.2) is 34.8 Å². The smallest absolute Gasteiger partial charge is 0.133 e. The molecule has 0 fully saturated rings. The maximum atomic E-state index is 14.1. The summed E-state index contributed by atoms with van der Waals surface area (Å²) in [6.07, 6.45) is 0. The van der Waals surface area contributed by atoms with Gasteiger partial charge in [-0.2, -0.15) is 0 Å². The second kappa shape index (κ2) is 6.99. The van der Waals surface area contributed by atoms with Crippen molar-refractivity contribution in [3.05, 3.63) is 56.8 Å². The molecule has 0 radical (unpaired) electrons. The molecule has 0 aromatic heterocycles. The van der Waals surface area contributed by atoms with E-state index in [1.54, 1.807) is 38.5 Å². The van der Waals surface area contributed by atoms with Gasteiger partial charge in [-0.15, -0.1) is 0 Å². The fraction of sp³-hybridized carbons (Fsp3) is 0.200. The number of benzene rings is 2. The number of alkyl halides is 1. The summed E-state index contributed by atoms with van der Waals surface area (Å²) in [5.74, 6) is 0.886. The second-order valence-corrected chi connectivity index (χ2v) is 6.46. The minimum atomic E-state index is -0.383. The molecule has 0 N–H and O–H groups in total. The van der Waals surface area contributed by atoms with Gasteiger partial charge in [0.1, 0.15) is 17.3 Å². The molecule has 0 saturated carbocycles. The van der Waals surface area contributed by atoms with E-state index in [1.165, 1.54) is 6.07 Å². The molecular formula is C15H12Br2ClFO2. The van der Waals surface area contributed by atoms with Crippen LogP contribution in [0.2, 0.25) is 5.02 Å². The summed E-state index contributed by atoms with van der Waals surface area (Å²) < 4.78 is 25.5. The second-order valence-electron chi connectivity index (χ2n) is 4.26. The zero-order chi connectivity index (χ0) is 15.6. The topological polar surface area (TPSA) is 18.5 Å². The van der Waals surface area contributed by atoms with E-state index in [0.717, 1.165) is 10.0 Å². The molecule has 2 aromatic rings. The van der Waals surface area contributed by atoms with E-state index >= 15 is 0 Å². The van der Waals surface area contributed by atoms with E-state index in [9.17, 15) is 4.39 Å². The van der Waals surface area contributed by atoms with E-state index in [2.05, 4.69) is 31.9 Å². The molecule has 0 aliphatic heterocycles. The highest BCUT2D eigenvalue weighted by atomic mass is 79.9. The zero-order valence-corrected chi connectivity index (χ0v) is 15.2. The van der Waals surface area contributed by atoms with Crippen molar-refractivity contribution >= 4 is 43.5 Å². The number of ether oxygens (including phenoxy) is 2. The quantitative estimate of drug-likeness (QED) is 0.567. The lowest BCUT2D eigenvalue weighted by atomic mass is 10.0. The molecule has 0 amide bonds. The van der Waals surface area contributed by atoms with E-state index in [4.69, 9.17) is 21.1 Å². The standard InChI is InChI=1S/C15H12Br2ClFO2/c1-20-13-7-11(16)14(21-2)6-10(13)15(17)9-4-3-8(18)5-12(9)19/h3-7,15H,1-2H3. The van der Waals surface area contributed by atoms with Gasteiger partial charge in [-0.1, -0.05) is 33.6 Å². The SMILES string of the molecule is COc1cc(C(Br)c2ccc(Cl)cc2F)c(OC)cc1Br. The summed E-state index contributed by atoms with van der Waals surface area (Å²) in [4.78, 5) is -0.383. The highest BCUT2D eigenvalue weighted by Gasteiger charge is 2.21. The van der Waals surface area contributed by atoms with Gasteiger partial charge in [0.2, 0.25) is 0 Å². The first-order chi connectivity index (χ1) is 9.97. The normalized spacial score (nSPS) is 12.1. The summed E-state index contributed by atoms with van der Waals surface area (Å²) in [7, 11) is 3.14. The van der Waals surface area contributed by atoms with Gasteiger partial charge in [-0.25, -0.2) is 4.39 Å². The molecule has 0 spiro atoms. The summed E-state index contributed by atoms with van der Waals surface area (Å²) in [5, 5.41) is 0.358. The number of hydrogen-bond donors (Lipinski definition) is 0. The van der Waals surface area contributed by atoms with Crippen LogP contribution in [0.3, 0.4) is 0 Å². The molecule has 0 heterocycles. The van der Waals surface area contributed by atoms with Gasteiger partial charge in [0.25, 0.3) is 0 Å². The Morgan fingerprint density at radius 1 is 1.05 bits per heavy atom. The monoisotopic (exact) mass is 436 g/mol. The third-order valence-corrected chi connectivity index (χ3v) is 4.85. The fourth-order valence-corrected chi connectivity index (χ4v) is 3.33. The Balaban J connectivity index is 2.53. The lowest BCUT2D eigenvalue weighted by Crippen LogP contribution is -2.01. The Morgan fingerprint density at radius 2 is 1.71 bits per heavy atom. The van der Waals surface area contributed by atoms with Crippen LogP contribution >= 0.6 is 43.5 Å². The summed E-state index contributed by atoms with van der Waals surface area (Å²) in [6, 6.07) is 8.17. The first-order valence-corrected chi connectivity index (χ1v) is 8.07. The Hall–Kier alpha value is -0.780. The summed E-state index contributed by atoms with van der Waals surface area (Å²) >= 11 is 12.7. The first kappa shape index (κ1) is 16.6. The number of hydrogen-bond acceptors (Lipinski definition) is 2. The van der Waals surface area contributed by atoms with Crippen molar-refractivity contribution in [3.63, 3.8) is 0 Å². The molecule has 2 rings (SSSR count). The van der Waals surface area contributed by atoms with Crippen molar-refractivity contribution in [1.82, 2.24) is 0 Å². The van der Waals surface area contributed by atoms with Gasteiger partial charge in [-0.05, 0) is 40.2 Å². The van der Waals surface area contributed by atoms with Crippen molar-refractivity contribution in [2.75, 3.05) is 14.2 Å². The van der Waals surface area contributed by atoms with Crippen LogP contribution in [0.4, 0.5) is 4.39 Å². The maximum Gasteiger partial charge on any atom is 0.133 e. The van der Waals surface area contributed by atoms with Crippen molar-refractivity contribution < 1.29 is 13.9 Å². The highest BCUT2D eigenvalue weighted by Crippen LogP contribution is 2.42. The molecule has 1 unspecified atom stereocenters. The number of halogens is 4. The van der Waals surface area contributed by atoms with Gasteiger partial charge >= 0.3 is 0 Å². The molecule has 112 valence electrons. The van der Waals surface area contributed by atoms with Crippen LogP contribution in [0.1, 0.15) is 16.0 Å². The van der Waals surface area contributed by atoms with Crippen LogP contribution in [-0.2, 0) is 0 Å². The van der Waals surface area contributed by atoms with E-state index < -0.39 is 0 Å². The third-order valence-electron chi connectivity index (χ3n) is 3.01. The van der Waals surface area contributed by atoms with Gasteiger partial charge < -0.3 is 9.47 Å².